The van der Waals surface area contributed by atoms with Gasteiger partial charge in [-0.3, -0.25) is 0 Å². The fourth-order valence-corrected chi connectivity index (χ4v) is 2.75. The molecule has 0 bridgehead atoms. The molecule has 5 heteroatoms. The molecule has 0 aliphatic carbocycles. The molecule has 0 unspecified atom stereocenters. The Morgan fingerprint density at radius 1 is 0.920 bits per heavy atom. The Hall–Kier alpha value is -2.40. The Bertz CT molecular complexity index is 818. The monoisotopic (exact) mass is 354 g/mol. The average Bonchev–Trinajstić information content (AvgIpc) is 2.67. The SMILES string of the molecule is COc1ccc(-c2ccc([C@@H](O)[C@@H](N)c3ccc(Cl)cc3)cc2)cn1. The third-order valence-electron chi connectivity index (χ3n) is 4.13. The molecule has 0 aliphatic rings. The second-order valence-electron chi connectivity index (χ2n) is 5.73. The van der Waals surface area contributed by atoms with E-state index < -0.39 is 12.1 Å². The van der Waals surface area contributed by atoms with Crippen LogP contribution in [0.1, 0.15) is 23.3 Å². The number of pyridine rings is 1. The maximum absolute atomic E-state index is 10.6. The summed E-state index contributed by atoms with van der Waals surface area (Å²) in [5, 5.41) is 11.2. The normalized spacial score (nSPS) is 13.3. The number of benzene rings is 2. The van der Waals surface area contributed by atoms with Crippen molar-refractivity contribution >= 4 is 11.6 Å². The number of aliphatic hydroxyl groups excluding tert-OH is 1. The van der Waals surface area contributed by atoms with E-state index in [9.17, 15) is 5.11 Å². The molecular weight excluding hydrogens is 336 g/mol. The minimum absolute atomic E-state index is 0.522. The zero-order valence-electron chi connectivity index (χ0n) is 13.8. The lowest BCUT2D eigenvalue weighted by atomic mass is 9.95. The highest BCUT2D eigenvalue weighted by molar-refractivity contribution is 6.30. The summed E-state index contributed by atoms with van der Waals surface area (Å²) in [5.74, 6) is 0.574. The highest BCUT2D eigenvalue weighted by Gasteiger charge is 2.18. The van der Waals surface area contributed by atoms with Gasteiger partial charge in [-0.1, -0.05) is 48.0 Å². The summed E-state index contributed by atoms with van der Waals surface area (Å²) in [6, 6.07) is 18.1. The van der Waals surface area contributed by atoms with E-state index in [-0.39, 0.29) is 0 Å². The highest BCUT2D eigenvalue weighted by Crippen LogP contribution is 2.29. The lowest BCUT2D eigenvalue weighted by Gasteiger charge is -2.20. The van der Waals surface area contributed by atoms with Crippen LogP contribution in [0.3, 0.4) is 0 Å². The number of ether oxygens (including phenoxy) is 1. The predicted molar refractivity (Wildman–Crippen MR) is 99.6 cm³/mol. The summed E-state index contributed by atoms with van der Waals surface area (Å²) < 4.78 is 5.07. The Labute approximate surface area is 151 Å². The number of aliphatic hydroxyl groups is 1. The smallest absolute Gasteiger partial charge is 0.212 e. The molecule has 2 aromatic carbocycles. The van der Waals surface area contributed by atoms with Crippen LogP contribution < -0.4 is 10.5 Å². The number of hydrogen-bond donors (Lipinski definition) is 2. The zero-order valence-corrected chi connectivity index (χ0v) is 14.5. The standard InChI is InChI=1S/C20H19ClN2O2/c1-25-18-11-8-16(12-23-18)13-2-4-15(5-3-13)20(24)19(22)14-6-9-17(21)10-7-14/h2-12,19-20,24H,22H2,1H3/t19-,20+/m0/s1. The summed E-state index contributed by atoms with van der Waals surface area (Å²) in [4.78, 5) is 4.20. The van der Waals surface area contributed by atoms with Gasteiger partial charge >= 0.3 is 0 Å². The van der Waals surface area contributed by atoms with Crippen molar-refractivity contribution in [3.63, 3.8) is 0 Å². The highest BCUT2D eigenvalue weighted by atomic mass is 35.5. The Morgan fingerprint density at radius 2 is 1.52 bits per heavy atom. The van der Waals surface area contributed by atoms with Gasteiger partial charge < -0.3 is 15.6 Å². The Balaban J connectivity index is 1.77. The summed E-state index contributed by atoms with van der Waals surface area (Å²) in [6.45, 7) is 0. The van der Waals surface area contributed by atoms with Crippen molar-refractivity contribution in [3.05, 3.63) is 83.0 Å². The quantitative estimate of drug-likeness (QED) is 0.722. The Morgan fingerprint density at radius 3 is 2.08 bits per heavy atom. The molecule has 3 rings (SSSR count). The molecule has 3 N–H and O–H groups in total. The minimum Gasteiger partial charge on any atom is -0.481 e. The van der Waals surface area contributed by atoms with Crippen LogP contribution in [0.15, 0.2) is 66.9 Å². The van der Waals surface area contributed by atoms with Gasteiger partial charge in [0.1, 0.15) is 0 Å². The van der Waals surface area contributed by atoms with Crippen molar-refractivity contribution in [2.45, 2.75) is 12.1 Å². The van der Waals surface area contributed by atoms with Crippen LogP contribution in [-0.4, -0.2) is 17.2 Å². The molecule has 0 radical (unpaired) electrons. The van der Waals surface area contributed by atoms with Gasteiger partial charge in [0.2, 0.25) is 5.88 Å². The number of nitrogens with two attached hydrogens (primary N) is 1. The number of aromatic nitrogens is 1. The van der Waals surface area contributed by atoms with E-state index in [0.717, 1.165) is 22.3 Å². The summed E-state index contributed by atoms with van der Waals surface area (Å²) >= 11 is 5.89. The van der Waals surface area contributed by atoms with Crippen molar-refractivity contribution in [2.75, 3.05) is 7.11 Å². The summed E-state index contributed by atoms with van der Waals surface area (Å²) in [6.07, 6.45) is 0.952. The molecular formula is C20H19ClN2O2. The van der Waals surface area contributed by atoms with Gasteiger partial charge in [-0.15, -0.1) is 0 Å². The van der Waals surface area contributed by atoms with Gasteiger partial charge in [-0.25, -0.2) is 4.98 Å². The second kappa shape index (κ2) is 7.66. The molecule has 0 aliphatic heterocycles. The molecule has 4 nitrogen and oxygen atoms in total. The van der Waals surface area contributed by atoms with E-state index in [0.29, 0.717) is 10.9 Å². The molecule has 2 atom stereocenters. The number of halogens is 1. The minimum atomic E-state index is -0.802. The number of methoxy groups -OCH3 is 1. The van der Waals surface area contributed by atoms with Crippen LogP contribution in [0.25, 0.3) is 11.1 Å². The van der Waals surface area contributed by atoms with E-state index in [1.165, 1.54) is 0 Å². The van der Waals surface area contributed by atoms with Crippen molar-refractivity contribution in [3.8, 4) is 17.0 Å². The van der Waals surface area contributed by atoms with Gasteiger partial charge in [0.05, 0.1) is 19.3 Å². The van der Waals surface area contributed by atoms with Crippen molar-refractivity contribution in [1.82, 2.24) is 4.98 Å². The van der Waals surface area contributed by atoms with E-state index in [1.807, 2.05) is 48.5 Å². The largest absolute Gasteiger partial charge is 0.481 e. The maximum Gasteiger partial charge on any atom is 0.212 e. The predicted octanol–water partition coefficient (Wildman–Crippen LogP) is 4.14. The molecule has 0 saturated heterocycles. The van der Waals surface area contributed by atoms with Crippen LogP contribution in [0.2, 0.25) is 5.02 Å². The summed E-state index contributed by atoms with van der Waals surface area (Å²) in [7, 11) is 1.59. The fraction of sp³-hybridized carbons (Fsp3) is 0.150. The second-order valence-corrected chi connectivity index (χ2v) is 6.17. The van der Waals surface area contributed by atoms with Crippen LogP contribution in [0.5, 0.6) is 5.88 Å². The van der Waals surface area contributed by atoms with Crippen molar-refractivity contribution < 1.29 is 9.84 Å². The first-order valence-corrected chi connectivity index (χ1v) is 8.26. The zero-order chi connectivity index (χ0) is 17.8. The third kappa shape index (κ3) is 3.99. The van der Waals surface area contributed by atoms with Gasteiger partial charge in [0.15, 0.2) is 0 Å². The van der Waals surface area contributed by atoms with Crippen molar-refractivity contribution in [1.29, 1.82) is 0 Å². The fourth-order valence-electron chi connectivity index (χ4n) is 2.62. The first kappa shape index (κ1) is 17.4. The van der Waals surface area contributed by atoms with E-state index >= 15 is 0 Å². The van der Waals surface area contributed by atoms with Gasteiger partial charge in [-0.2, -0.15) is 0 Å². The molecule has 25 heavy (non-hydrogen) atoms. The lowest BCUT2D eigenvalue weighted by Crippen LogP contribution is -2.19. The molecule has 0 fully saturated rings. The molecule has 0 saturated carbocycles. The van der Waals surface area contributed by atoms with Crippen molar-refractivity contribution in [2.24, 2.45) is 5.73 Å². The Kier molecular flexibility index (Phi) is 5.34. The number of rotatable bonds is 5. The summed E-state index contributed by atoms with van der Waals surface area (Å²) in [5.41, 5.74) is 9.76. The molecule has 1 aromatic heterocycles. The topological polar surface area (TPSA) is 68.4 Å². The van der Waals surface area contributed by atoms with E-state index in [2.05, 4.69) is 4.98 Å². The van der Waals surface area contributed by atoms with Crippen LogP contribution in [0.4, 0.5) is 0 Å². The maximum atomic E-state index is 10.6. The molecule has 1 heterocycles. The van der Waals surface area contributed by atoms with E-state index in [1.54, 1.807) is 25.4 Å². The first-order chi connectivity index (χ1) is 12.1. The van der Waals surface area contributed by atoms with Gasteiger partial charge in [0.25, 0.3) is 0 Å². The van der Waals surface area contributed by atoms with Crippen LogP contribution in [0, 0.1) is 0 Å². The average molecular weight is 355 g/mol. The molecule has 0 amide bonds. The van der Waals surface area contributed by atoms with Crippen LogP contribution in [-0.2, 0) is 0 Å². The molecule has 0 spiro atoms. The number of nitrogens with zero attached hydrogens (tertiary/aromatic N) is 1. The van der Waals surface area contributed by atoms with Gasteiger partial charge in [-0.05, 0) is 34.9 Å². The molecule has 3 aromatic rings. The van der Waals surface area contributed by atoms with Gasteiger partial charge in [0, 0.05) is 22.8 Å². The number of hydrogen-bond acceptors (Lipinski definition) is 4. The third-order valence-corrected chi connectivity index (χ3v) is 4.38. The van der Waals surface area contributed by atoms with Crippen LogP contribution >= 0.6 is 11.6 Å². The lowest BCUT2D eigenvalue weighted by molar-refractivity contribution is 0.147. The molecule has 128 valence electrons. The first-order valence-electron chi connectivity index (χ1n) is 7.88. The van der Waals surface area contributed by atoms with E-state index in [4.69, 9.17) is 22.1 Å².